The first-order valence-electron chi connectivity index (χ1n) is 6.65. The molecule has 1 atom stereocenters. The third-order valence-electron chi connectivity index (χ3n) is 3.16. The maximum atomic E-state index is 13.3. The minimum absolute atomic E-state index is 0.0349. The first-order valence-corrected chi connectivity index (χ1v) is 6.65. The van der Waals surface area contributed by atoms with Crippen LogP contribution in [0, 0.1) is 11.7 Å². The van der Waals surface area contributed by atoms with Crippen LogP contribution in [0.2, 0.25) is 0 Å². The minimum atomic E-state index is -1.16. The maximum absolute atomic E-state index is 13.3. The molecule has 21 heavy (non-hydrogen) atoms. The Labute approximate surface area is 123 Å². The molecule has 1 rings (SSSR count). The molecule has 0 bridgehead atoms. The summed E-state index contributed by atoms with van der Waals surface area (Å²) in [5, 5.41) is 2.62. The first kappa shape index (κ1) is 16.9. The molecule has 0 aromatic heterocycles. The van der Waals surface area contributed by atoms with E-state index in [0.717, 1.165) is 6.07 Å². The number of carbonyl (C=O) groups is 2. The molecule has 1 aromatic carbocycles. The molecule has 0 heterocycles. The van der Waals surface area contributed by atoms with Crippen molar-refractivity contribution in [3.63, 3.8) is 0 Å². The predicted octanol–water partition coefficient (Wildman–Crippen LogP) is 1.85. The van der Waals surface area contributed by atoms with Crippen LogP contribution in [0.25, 0.3) is 0 Å². The lowest BCUT2D eigenvalue weighted by Crippen LogP contribution is -2.56. The van der Waals surface area contributed by atoms with Gasteiger partial charge in [0.15, 0.2) is 11.6 Å². The summed E-state index contributed by atoms with van der Waals surface area (Å²) in [5.41, 5.74) is 4.43. The second kappa shape index (κ2) is 6.56. The largest absolute Gasteiger partial charge is 0.494 e. The highest BCUT2D eigenvalue weighted by molar-refractivity contribution is 5.99. The summed E-state index contributed by atoms with van der Waals surface area (Å²) >= 11 is 0. The zero-order chi connectivity index (χ0) is 16.2. The topological polar surface area (TPSA) is 81.4 Å². The van der Waals surface area contributed by atoms with Crippen LogP contribution < -0.4 is 15.8 Å². The van der Waals surface area contributed by atoms with E-state index >= 15 is 0 Å². The standard InChI is InChI=1S/C15H21FN2O3/c1-9(2)8-15(3,14(17)20)18-13(19)10-5-6-11(16)12(7-10)21-4/h5-7,9H,8H2,1-4H3,(H2,17,20)(H,18,19)/t15-/m1/s1. The van der Waals surface area contributed by atoms with E-state index in [2.05, 4.69) is 5.32 Å². The molecule has 2 amide bonds. The third kappa shape index (κ3) is 4.18. The van der Waals surface area contributed by atoms with E-state index < -0.39 is 23.2 Å². The average molecular weight is 296 g/mol. The van der Waals surface area contributed by atoms with E-state index in [1.807, 2.05) is 13.8 Å². The summed E-state index contributed by atoms with van der Waals surface area (Å²) in [6.07, 6.45) is 0.409. The van der Waals surface area contributed by atoms with Gasteiger partial charge in [0.05, 0.1) is 7.11 Å². The number of methoxy groups -OCH3 is 1. The molecule has 5 nitrogen and oxygen atoms in total. The first-order chi connectivity index (χ1) is 9.69. The number of hydrogen-bond donors (Lipinski definition) is 2. The monoisotopic (exact) mass is 296 g/mol. The van der Waals surface area contributed by atoms with Gasteiger partial charge in [0.2, 0.25) is 5.91 Å². The smallest absolute Gasteiger partial charge is 0.252 e. The van der Waals surface area contributed by atoms with Crippen molar-refractivity contribution in [2.24, 2.45) is 11.7 Å². The number of hydrogen-bond acceptors (Lipinski definition) is 3. The lowest BCUT2D eigenvalue weighted by molar-refractivity contribution is -0.124. The lowest BCUT2D eigenvalue weighted by atomic mass is 9.89. The fourth-order valence-electron chi connectivity index (χ4n) is 2.15. The lowest BCUT2D eigenvalue weighted by Gasteiger charge is -2.29. The number of primary amides is 1. The molecule has 6 heteroatoms. The van der Waals surface area contributed by atoms with Crippen molar-refractivity contribution in [2.75, 3.05) is 7.11 Å². The van der Waals surface area contributed by atoms with Gasteiger partial charge < -0.3 is 15.8 Å². The third-order valence-corrected chi connectivity index (χ3v) is 3.16. The number of nitrogens with two attached hydrogens (primary N) is 1. The van der Waals surface area contributed by atoms with Crippen molar-refractivity contribution in [1.29, 1.82) is 0 Å². The summed E-state index contributed by atoms with van der Waals surface area (Å²) in [6.45, 7) is 5.43. The van der Waals surface area contributed by atoms with Gasteiger partial charge in [-0.3, -0.25) is 9.59 Å². The Morgan fingerprint density at radius 1 is 1.43 bits per heavy atom. The van der Waals surface area contributed by atoms with Gasteiger partial charge in [-0.1, -0.05) is 13.8 Å². The molecular formula is C15H21FN2O3. The highest BCUT2D eigenvalue weighted by Crippen LogP contribution is 2.20. The van der Waals surface area contributed by atoms with Crippen LogP contribution in [0.4, 0.5) is 4.39 Å². The van der Waals surface area contributed by atoms with Gasteiger partial charge >= 0.3 is 0 Å². The molecule has 0 saturated carbocycles. The number of benzene rings is 1. The van der Waals surface area contributed by atoms with Crippen molar-refractivity contribution >= 4 is 11.8 Å². The maximum Gasteiger partial charge on any atom is 0.252 e. The van der Waals surface area contributed by atoms with Gasteiger partial charge in [-0.25, -0.2) is 4.39 Å². The number of ether oxygens (including phenoxy) is 1. The Morgan fingerprint density at radius 3 is 2.52 bits per heavy atom. The van der Waals surface area contributed by atoms with Crippen molar-refractivity contribution in [3.05, 3.63) is 29.6 Å². The van der Waals surface area contributed by atoms with Crippen molar-refractivity contribution in [2.45, 2.75) is 32.7 Å². The highest BCUT2D eigenvalue weighted by Gasteiger charge is 2.34. The summed E-state index contributed by atoms with van der Waals surface area (Å²) < 4.78 is 18.2. The Morgan fingerprint density at radius 2 is 2.05 bits per heavy atom. The van der Waals surface area contributed by atoms with E-state index in [4.69, 9.17) is 10.5 Å². The van der Waals surface area contributed by atoms with Gasteiger partial charge in [-0.2, -0.15) is 0 Å². The SMILES string of the molecule is COc1cc(C(=O)N[C@](C)(CC(C)C)C(N)=O)ccc1F. The summed E-state index contributed by atoms with van der Waals surface area (Å²) in [4.78, 5) is 23.9. The highest BCUT2D eigenvalue weighted by atomic mass is 19.1. The second-order valence-corrected chi connectivity index (χ2v) is 5.60. The molecule has 0 fully saturated rings. The minimum Gasteiger partial charge on any atom is -0.494 e. The number of carbonyl (C=O) groups excluding carboxylic acids is 2. The van der Waals surface area contributed by atoms with Crippen LogP contribution in [0.1, 0.15) is 37.6 Å². The molecule has 3 N–H and O–H groups in total. The van der Waals surface area contributed by atoms with E-state index in [9.17, 15) is 14.0 Å². The Balaban J connectivity index is 3.00. The second-order valence-electron chi connectivity index (χ2n) is 5.60. The fourth-order valence-corrected chi connectivity index (χ4v) is 2.15. The fraction of sp³-hybridized carbons (Fsp3) is 0.467. The van der Waals surface area contributed by atoms with E-state index in [1.165, 1.54) is 19.2 Å². The molecule has 0 radical (unpaired) electrons. The van der Waals surface area contributed by atoms with Crippen LogP contribution in [0.5, 0.6) is 5.75 Å². The molecule has 116 valence electrons. The van der Waals surface area contributed by atoms with E-state index in [0.29, 0.717) is 6.42 Å². The Hall–Kier alpha value is -2.11. The van der Waals surface area contributed by atoms with Crippen molar-refractivity contribution < 1.29 is 18.7 Å². The van der Waals surface area contributed by atoms with Crippen LogP contribution in [-0.4, -0.2) is 24.5 Å². The number of amides is 2. The van der Waals surface area contributed by atoms with Crippen molar-refractivity contribution in [1.82, 2.24) is 5.32 Å². The Bertz CT molecular complexity index is 546. The molecule has 0 spiro atoms. The number of halogens is 1. The van der Waals surface area contributed by atoms with Gasteiger partial charge in [0, 0.05) is 5.56 Å². The van der Waals surface area contributed by atoms with Crippen molar-refractivity contribution in [3.8, 4) is 5.75 Å². The zero-order valence-corrected chi connectivity index (χ0v) is 12.7. The van der Waals surface area contributed by atoms with Crippen LogP contribution in [0.15, 0.2) is 18.2 Å². The van der Waals surface area contributed by atoms with Crippen LogP contribution >= 0.6 is 0 Å². The molecule has 0 unspecified atom stereocenters. The molecular weight excluding hydrogens is 275 g/mol. The number of rotatable bonds is 6. The number of nitrogens with one attached hydrogen (secondary N) is 1. The molecule has 1 aromatic rings. The van der Waals surface area contributed by atoms with Gasteiger partial charge in [0.1, 0.15) is 5.54 Å². The normalized spacial score (nSPS) is 13.6. The van der Waals surface area contributed by atoms with Crippen LogP contribution in [0.3, 0.4) is 0 Å². The molecule has 0 aliphatic rings. The van der Waals surface area contributed by atoms with Gasteiger partial charge in [0.25, 0.3) is 5.91 Å². The van der Waals surface area contributed by atoms with E-state index in [-0.39, 0.29) is 17.2 Å². The van der Waals surface area contributed by atoms with Gasteiger partial charge in [-0.05, 0) is 37.5 Å². The van der Waals surface area contributed by atoms with Crippen LogP contribution in [-0.2, 0) is 4.79 Å². The average Bonchev–Trinajstić information content (AvgIpc) is 2.37. The Kier molecular flexibility index (Phi) is 5.29. The summed E-state index contributed by atoms with van der Waals surface area (Å²) in [7, 11) is 1.31. The zero-order valence-electron chi connectivity index (χ0n) is 12.7. The summed E-state index contributed by atoms with van der Waals surface area (Å²) in [6, 6.07) is 3.74. The summed E-state index contributed by atoms with van der Waals surface area (Å²) in [5.74, 6) is -1.54. The van der Waals surface area contributed by atoms with E-state index in [1.54, 1.807) is 6.92 Å². The molecule has 0 aliphatic heterocycles. The predicted molar refractivity (Wildman–Crippen MR) is 77.5 cm³/mol. The molecule has 0 saturated heterocycles. The quantitative estimate of drug-likeness (QED) is 0.840. The molecule has 0 aliphatic carbocycles. The van der Waals surface area contributed by atoms with Gasteiger partial charge in [-0.15, -0.1) is 0 Å².